The highest BCUT2D eigenvalue weighted by molar-refractivity contribution is 6.30. The normalized spacial score (nSPS) is 10.2. The minimum atomic E-state index is -0.322. The molecular weight excluding hydrogens is 324 g/mol. The van der Waals surface area contributed by atoms with E-state index >= 15 is 0 Å². The zero-order valence-corrected chi connectivity index (χ0v) is 13.5. The van der Waals surface area contributed by atoms with Gasteiger partial charge in [0.2, 0.25) is 0 Å². The standard InChI is InChI=1S/C18H15ClN4O/c19-16-7-5-15(6-8-16)14-3-1-13(2-4-14)11-22-18(24)23-17-12-20-9-10-21-17/h1-10,12H,11H2,(H2,21,22,23,24). The number of benzene rings is 2. The van der Waals surface area contributed by atoms with Crippen LogP contribution in [0.25, 0.3) is 11.1 Å². The quantitative estimate of drug-likeness (QED) is 0.752. The molecule has 0 radical (unpaired) electrons. The van der Waals surface area contributed by atoms with Gasteiger partial charge in [0.15, 0.2) is 5.82 Å². The highest BCUT2D eigenvalue weighted by Gasteiger charge is 2.03. The number of halogens is 1. The molecule has 0 bridgehead atoms. The van der Waals surface area contributed by atoms with E-state index < -0.39 is 0 Å². The number of hydrogen-bond acceptors (Lipinski definition) is 3. The van der Waals surface area contributed by atoms with Gasteiger partial charge in [-0.05, 0) is 28.8 Å². The lowest BCUT2D eigenvalue weighted by Gasteiger charge is -2.08. The summed E-state index contributed by atoms with van der Waals surface area (Å²) in [7, 11) is 0. The van der Waals surface area contributed by atoms with Gasteiger partial charge in [-0.3, -0.25) is 10.3 Å². The van der Waals surface area contributed by atoms with Crippen molar-refractivity contribution in [3.8, 4) is 11.1 Å². The van der Waals surface area contributed by atoms with E-state index in [1.807, 2.05) is 48.5 Å². The van der Waals surface area contributed by atoms with Crippen LogP contribution in [0, 0.1) is 0 Å². The van der Waals surface area contributed by atoms with Gasteiger partial charge < -0.3 is 5.32 Å². The predicted octanol–water partition coefficient (Wildman–Crippen LogP) is 4.12. The zero-order chi connectivity index (χ0) is 16.8. The topological polar surface area (TPSA) is 66.9 Å². The molecule has 0 spiro atoms. The monoisotopic (exact) mass is 338 g/mol. The van der Waals surface area contributed by atoms with E-state index in [9.17, 15) is 4.79 Å². The number of urea groups is 1. The van der Waals surface area contributed by atoms with Crippen molar-refractivity contribution in [1.29, 1.82) is 0 Å². The second-order valence-electron chi connectivity index (χ2n) is 5.10. The van der Waals surface area contributed by atoms with Crippen molar-refractivity contribution in [2.75, 3.05) is 5.32 Å². The highest BCUT2D eigenvalue weighted by atomic mass is 35.5. The molecular formula is C18H15ClN4O. The van der Waals surface area contributed by atoms with E-state index in [1.165, 1.54) is 12.4 Å². The summed E-state index contributed by atoms with van der Waals surface area (Å²) in [5.41, 5.74) is 3.20. The van der Waals surface area contributed by atoms with E-state index in [4.69, 9.17) is 11.6 Å². The summed E-state index contributed by atoms with van der Waals surface area (Å²) in [4.78, 5) is 19.7. The number of rotatable bonds is 4. The molecule has 0 aliphatic heterocycles. The second-order valence-corrected chi connectivity index (χ2v) is 5.54. The molecule has 120 valence electrons. The van der Waals surface area contributed by atoms with Gasteiger partial charge in [-0.2, -0.15) is 0 Å². The van der Waals surface area contributed by atoms with Crippen LogP contribution in [-0.2, 0) is 6.54 Å². The molecule has 2 aromatic carbocycles. The van der Waals surface area contributed by atoms with E-state index in [0.717, 1.165) is 16.7 Å². The number of nitrogens with zero attached hydrogens (tertiary/aromatic N) is 2. The van der Waals surface area contributed by atoms with Crippen LogP contribution in [0.4, 0.5) is 10.6 Å². The SMILES string of the molecule is O=C(NCc1ccc(-c2ccc(Cl)cc2)cc1)Nc1cnccn1. The third-order valence-electron chi connectivity index (χ3n) is 3.39. The van der Waals surface area contributed by atoms with Crippen molar-refractivity contribution in [3.63, 3.8) is 0 Å². The number of amides is 2. The Morgan fingerprint density at radius 3 is 2.25 bits per heavy atom. The minimum Gasteiger partial charge on any atom is -0.334 e. The van der Waals surface area contributed by atoms with Gasteiger partial charge in [-0.25, -0.2) is 9.78 Å². The van der Waals surface area contributed by atoms with Crippen LogP contribution in [0.5, 0.6) is 0 Å². The molecule has 1 aromatic heterocycles. The predicted molar refractivity (Wildman–Crippen MR) is 94.8 cm³/mol. The molecule has 3 aromatic rings. The molecule has 0 unspecified atom stereocenters. The van der Waals surface area contributed by atoms with E-state index in [1.54, 1.807) is 6.20 Å². The van der Waals surface area contributed by atoms with E-state index in [-0.39, 0.29) is 6.03 Å². The van der Waals surface area contributed by atoms with Crippen LogP contribution >= 0.6 is 11.6 Å². The van der Waals surface area contributed by atoms with Crippen LogP contribution < -0.4 is 10.6 Å². The number of nitrogens with one attached hydrogen (secondary N) is 2. The van der Waals surface area contributed by atoms with Crippen molar-refractivity contribution in [1.82, 2.24) is 15.3 Å². The lowest BCUT2D eigenvalue weighted by molar-refractivity contribution is 0.251. The summed E-state index contributed by atoms with van der Waals surface area (Å²) in [5, 5.41) is 6.11. The zero-order valence-electron chi connectivity index (χ0n) is 12.7. The molecule has 0 aliphatic carbocycles. The molecule has 0 aliphatic rings. The Labute approximate surface area is 144 Å². The molecule has 0 saturated carbocycles. The maximum atomic E-state index is 11.8. The minimum absolute atomic E-state index is 0.322. The first-order valence-corrected chi connectivity index (χ1v) is 7.74. The van der Waals surface area contributed by atoms with Gasteiger partial charge in [0.05, 0.1) is 6.20 Å². The van der Waals surface area contributed by atoms with Gasteiger partial charge in [0.25, 0.3) is 0 Å². The smallest absolute Gasteiger partial charge is 0.320 e. The van der Waals surface area contributed by atoms with Crippen molar-refractivity contribution in [2.24, 2.45) is 0 Å². The lowest BCUT2D eigenvalue weighted by Crippen LogP contribution is -2.28. The van der Waals surface area contributed by atoms with E-state index in [2.05, 4.69) is 20.6 Å². The highest BCUT2D eigenvalue weighted by Crippen LogP contribution is 2.21. The molecule has 6 heteroatoms. The molecule has 0 fully saturated rings. The van der Waals surface area contributed by atoms with Gasteiger partial charge in [0.1, 0.15) is 0 Å². The molecule has 0 saturated heterocycles. The van der Waals surface area contributed by atoms with Gasteiger partial charge in [-0.15, -0.1) is 0 Å². The average molecular weight is 339 g/mol. The Hall–Kier alpha value is -2.92. The molecule has 5 nitrogen and oxygen atoms in total. The van der Waals surface area contributed by atoms with Crippen LogP contribution in [-0.4, -0.2) is 16.0 Å². The van der Waals surface area contributed by atoms with Crippen LogP contribution in [0.15, 0.2) is 67.1 Å². The number of hydrogen-bond donors (Lipinski definition) is 2. The average Bonchev–Trinajstić information content (AvgIpc) is 2.62. The first kappa shape index (κ1) is 16.0. The number of anilines is 1. The largest absolute Gasteiger partial charge is 0.334 e. The fourth-order valence-electron chi connectivity index (χ4n) is 2.16. The first-order valence-electron chi connectivity index (χ1n) is 7.36. The summed E-state index contributed by atoms with van der Waals surface area (Å²) in [5.74, 6) is 0.410. The molecule has 24 heavy (non-hydrogen) atoms. The Kier molecular flexibility index (Phi) is 5.03. The second kappa shape index (κ2) is 7.57. The molecule has 2 N–H and O–H groups in total. The maximum Gasteiger partial charge on any atom is 0.320 e. The molecule has 1 heterocycles. The Balaban J connectivity index is 1.56. The first-order chi connectivity index (χ1) is 11.7. The Bertz CT molecular complexity index is 805. The fourth-order valence-corrected chi connectivity index (χ4v) is 2.29. The summed E-state index contributed by atoms with van der Waals surface area (Å²) < 4.78 is 0. The van der Waals surface area contributed by atoms with Gasteiger partial charge in [-0.1, -0.05) is 48.0 Å². The number of carbonyl (C=O) groups excluding carboxylic acids is 1. The van der Waals surface area contributed by atoms with Crippen molar-refractivity contribution in [3.05, 3.63) is 77.7 Å². The number of carbonyl (C=O) groups is 1. The van der Waals surface area contributed by atoms with Gasteiger partial charge >= 0.3 is 6.03 Å². The van der Waals surface area contributed by atoms with Crippen LogP contribution in [0.3, 0.4) is 0 Å². The third kappa shape index (κ3) is 4.30. The molecule has 0 atom stereocenters. The number of aromatic nitrogens is 2. The van der Waals surface area contributed by atoms with Crippen LogP contribution in [0.2, 0.25) is 5.02 Å². The summed E-state index contributed by atoms with van der Waals surface area (Å²) >= 11 is 5.90. The fraction of sp³-hybridized carbons (Fsp3) is 0.0556. The van der Waals surface area contributed by atoms with Gasteiger partial charge in [0, 0.05) is 24.0 Å². The molecule has 3 rings (SSSR count). The third-order valence-corrected chi connectivity index (χ3v) is 3.64. The molecule has 2 amide bonds. The summed E-state index contributed by atoms with van der Waals surface area (Å²) in [6.45, 7) is 0.424. The summed E-state index contributed by atoms with van der Waals surface area (Å²) in [6.07, 6.45) is 4.55. The Morgan fingerprint density at radius 2 is 1.62 bits per heavy atom. The van der Waals surface area contributed by atoms with Crippen molar-refractivity contribution >= 4 is 23.4 Å². The van der Waals surface area contributed by atoms with Crippen molar-refractivity contribution in [2.45, 2.75) is 6.54 Å². The Morgan fingerprint density at radius 1 is 0.958 bits per heavy atom. The maximum absolute atomic E-state index is 11.8. The van der Waals surface area contributed by atoms with E-state index in [0.29, 0.717) is 17.4 Å². The van der Waals surface area contributed by atoms with Crippen molar-refractivity contribution < 1.29 is 4.79 Å². The summed E-state index contributed by atoms with van der Waals surface area (Å²) in [6, 6.07) is 15.3. The lowest BCUT2D eigenvalue weighted by atomic mass is 10.0. The van der Waals surface area contributed by atoms with Crippen LogP contribution in [0.1, 0.15) is 5.56 Å².